The highest BCUT2D eigenvalue weighted by atomic mass is 16.5. The first kappa shape index (κ1) is 14.7. The van der Waals surface area contributed by atoms with Gasteiger partial charge in [-0.1, -0.05) is 0 Å². The van der Waals surface area contributed by atoms with Crippen LogP contribution < -0.4 is 24.7 Å². The van der Waals surface area contributed by atoms with Gasteiger partial charge in [0, 0.05) is 12.1 Å². The van der Waals surface area contributed by atoms with Gasteiger partial charge in [0.2, 0.25) is 11.6 Å². The summed E-state index contributed by atoms with van der Waals surface area (Å²) in [6.07, 6.45) is 1.34. The van der Waals surface area contributed by atoms with Crippen LogP contribution in [0.4, 0.5) is 5.82 Å². The fraction of sp³-hybridized carbons (Fsp3) is 0.286. The molecule has 2 N–H and O–H groups in total. The summed E-state index contributed by atoms with van der Waals surface area (Å²) < 4.78 is 21.5. The van der Waals surface area contributed by atoms with Crippen molar-refractivity contribution in [3.8, 4) is 28.9 Å². The summed E-state index contributed by atoms with van der Waals surface area (Å²) in [6.45, 7) is 1.78. The second-order valence-corrected chi connectivity index (χ2v) is 4.15. The second kappa shape index (κ2) is 6.17. The van der Waals surface area contributed by atoms with E-state index in [2.05, 4.69) is 9.97 Å². The average Bonchev–Trinajstić information content (AvgIpc) is 2.50. The number of benzene rings is 1. The predicted octanol–water partition coefficient (Wildman–Crippen LogP) is 2.19. The van der Waals surface area contributed by atoms with Crippen molar-refractivity contribution in [1.29, 1.82) is 0 Å². The van der Waals surface area contributed by atoms with Gasteiger partial charge in [-0.15, -0.1) is 0 Å². The molecule has 7 nitrogen and oxygen atoms in total. The van der Waals surface area contributed by atoms with E-state index in [0.717, 1.165) is 0 Å². The van der Waals surface area contributed by atoms with Gasteiger partial charge in [0.1, 0.15) is 17.9 Å². The molecule has 0 unspecified atom stereocenters. The summed E-state index contributed by atoms with van der Waals surface area (Å²) >= 11 is 0. The van der Waals surface area contributed by atoms with E-state index in [1.807, 2.05) is 0 Å². The molecule has 0 bridgehead atoms. The first-order chi connectivity index (χ1) is 10.1. The summed E-state index contributed by atoms with van der Waals surface area (Å²) in [5.74, 6) is 2.71. The van der Waals surface area contributed by atoms with Crippen molar-refractivity contribution in [1.82, 2.24) is 9.97 Å². The summed E-state index contributed by atoms with van der Waals surface area (Å²) in [4.78, 5) is 7.95. The number of nitrogens with zero attached hydrogens (tertiary/aromatic N) is 2. The van der Waals surface area contributed by atoms with E-state index in [9.17, 15) is 0 Å². The Morgan fingerprint density at radius 3 is 2.10 bits per heavy atom. The molecule has 0 saturated heterocycles. The van der Waals surface area contributed by atoms with Crippen molar-refractivity contribution in [2.24, 2.45) is 0 Å². The zero-order chi connectivity index (χ0) is 15.4. The van der Waals surface area contributed by atoms with Crippen molar-refractivity contribution in [3.05, 3.63) is 24.0 Å². The van der Waals surface area contributed by atoms with E-state index in [4.69, 9.17) is 24.7 Å². The molecule has 1 aromatic heterocycles. The second-order valence-electron chi connectivity index (χ2n) is 4.15. The van der Waals surface area contributed by atoms with Gasteiger partial charge >= 0.3 is 0 Å². The highest BCUT2D eigenvalue weighted by Gasteiger charge is 2.15. The number of ether oxygens (including phenoxy) is 4. The van der Waals surface area contributed by atoms with Gasteiger partial charge in [0.25, 0.3) is 0 Å². The lowest BCUT2D eigenvalue weighted by molar-refractivity contribution is 0.320. The molecule has 2 rings (SSSR count). The Balaban J connectivity index is 2.43. The normalized spacial score (nSPS) is 10.1. The van der Waals surface area contributed by atoms with Crippen LogP contribution in [0.15, 0.2) is 18.5 Å². The van der Waals surface area contributed by atoms with Gasteiger partial charge in [-0.3, -0.25) is 0 Å². The van der Waals surface area contributed by atoms with Crippen LogP contribution in [0.1, 0.15) is 5.56 Å². The molecule has 112 valence electrons. The predicted molar refractivity (Wildman–Crippen MR) is 77.4 cm³/mol. The minimum absolute atomic E-state index is 0.368. The molecule has 0 aliphatic heterocycles. The lowest BCUT2D eigenvalue weighted by atomic mass is 10.2. The van der Waals surface area contributed by atoms with Crippen molar-refractivity contribution >= 4 is 5.82 Å². The summed E-state index contributed by atoms with van der Waals surface area (Å²) in [7, 11) is 4.61. The van der Waals surface area contributed by atoms with E-state index in [-0.39, 0.29) is 0 Å². The lowest BCUT2D eigenvalue weighted by Crippen LogP contribution is -2.00. The number of hydrogen-bond acceptors (Lipinski definition) is 7. The number of nitrogen functional groups attached to an aromatic ring is 1. The maximum atomic E-state index is 5.73. The molecule has 0 saturated carbocycles. The Hall–Kier alpha value is -2.70. The standard InChI is InChI=1S/C14H17N3O4/c1-8-13(15)16-7-17-14(8)21-9-5-10(18-2)12(20-4)11(6-9)19-3/h5-7H,1-4H3,(H2,15,16,17). The van der Waals surface area contributed by atoms with Crippen LogP contribution in [0.5, 0.6) is 28.9 Å². The molecule has 0 spiro atoms. The Kier molecular flexibility index (Phi) is 4.32. The third-order valence-electron chi connectivity index (χ3n) is 2.93. The van der Waals surface area contributed by atoms with E-state index in [1.165, 1.54) is 27.7 Å². The largest absolute Gasteiger partial charge is 0.493 e. The maximum Gasteiger partial charge on any atom is 0.227 e. The Morgan fingerprint density at radius 1 is 0.952 bits per heavy atom. The van der Waals surface area contributed by atoms with Gasteiger partial charge in [-0.25, -0.2) is 9.97 Å². The number of anilines is 1. The zero-order valence-corrected chi connectivity index (χ0v) is 12.3. The third kappa shape index (κ3) is 2.91. The van der Waals surface area contributed by atoms with Gasteiger partial charge < -0.3 is 24.7 Å². The molecule has 1 aromatic carbocycles. The minimum atomic E-state index is 0.368. The Morgan fingerprint density at radius 2 is 1.57 bits per heavy atom. The smallest absolute Gasteiger partial charge is 0.227 e. The topological polar surface area (TPSA) is 88.7 Å². The molecular weight excluding hydrogens is 274 g/mol. The molecule has 21 heavy (non-hydrogen) atoms. The van der Waals surface area contributed by atoms with Crippen molar-refractivity contribution in [3.63, 3.8) is 0 Å². The van der Waals surface area contributed by atoms with Crippen molar-refractivity contribution < 1.29 is 18.9 Å². The molecule has 0 aliphatic carbocycles. The van der Waals surface area contributed by atoms with Crippen LogP contribution in [0.25, 0.3) is 0 Å². The molecule has 0 aliphatic rings. The highest BCUT2D eigenvalue weighted by Crippen LogP contribution is 2.42. The van der Waals surface area contributed by atoms with Crippen LogP contribution in [-0.4, -0.2) is 31.3 Å². The van der Waals surface area contributed by atoms with Crippen LogP contribution >= 0.6 is 0 Å². The number of aromatic nitrogens is 2. The van der Waals surface area contributed by atoms with Crippen LogP contribution in [0, 0.1) is 6.92 Å². The zero-order valence-electron chi connectivity index (χ0n) is 12.3. The lowest BCUT2D eigenvalue weighted by Gasteiger charge is -2.14. The number of hydrogen-bond donors (Lipinski definition) is 1. The molecule has 0 radical (unpaired) electrons. The van der Waals surface area contributed by atoms with Gasteiger partial charge in [0.15, 0.2) is 11.5 Å². The summed E-state index contributed by atoms with van der Waals surface area (Å²) in [6, 6.07) is 3.36. The van der Waals surface area contributed by atoms with Crippen LogP contribution in [0.3, 0.4) is 0 Å². The number of methoxy groups -OCH3 is 3. The first-order valence-electron chi connectivity index (χ1n) is 6.15. The molecule has 2 aromatic rings. The average molecular weight is 291 g/mol. The van der Waals surface area contributed by atoms with Gasteiger partial charge in [-0.2, -0.15) is 0 Å². The SMILES string of the molecule is COc1cc(Oc2ncnc(N)c2C)cc(OC)c1OC. The quantitative estimate of drug-likeness (QED) is 0.903. The first-order valence-corrected chi connectivity index (χ1v) is 6.15. The van der Waals surface area contributed by atoms with E-state index in [1.54, 1.807) is 19.1 Å². The molecule has 0 fully saturated rings. The summed E-state index contributed by atoms with van der Waals surface area (Å²) in [5.41, 5.74) is 6.39. The summed E-state index contributed by atoms with van der Waals surface area (Å²) in [5, 5.41) is 0. The maximum absolute atomic E-state index is 5.73. The number of rotatable bonds is 5. The van der Waals surface area contributed by atoms with E-state index >= 15 is 0 Å². The van der Waals surface area contributed by atoms with Gasteiger partial charge in [0.05, 0.1) is 26.9 Å². The molecule has 7 heteroatoms. The Bertz CT molecular complexity index is 621. The Labute approximate surface area is 122 Å². The molecule has 0 amide bonds. The highest BCUT2D eigenvalue weighted by molar-refractivity contribution is 5.56. The van der Waals surface area contributed by atoms with Crippen molar-refractivity contribution in [2.45, 2.75) is 6.92 Å². The van der Waals surface area contributed by atoms with Crippen LogP contribution in [-0.2, 0) is 0 Å². The van der Waals surface area contributed by atoms with E-state index in [0.29, 0.717) is 40.3 Å². The third-order valence-corrected chi connectivity index (χ3v) is 2.93. The molecule has 1 heterocycles. The van der Waals surface area contributed by atoms with Crippen LogP contribution in [0.2, 0.25) is 0 Å². The fourth-order valence-corrected chi connectivity index (χ4v) is 1.78. The minimum Gasteiger partial charge on any atom is -0.493 e. The number of nitrogens with two attached hydrogens (primary N) is 1. The van der Waals surface area contributed by atoms with Gasteiger partial charge in [-0.05, 0) is 6.92 Å². The fourth-order valence-electron chi connectivity index (χ4n) is 1.78. The molecular formula is C14H17N3O4. The monoisotopic (exact) mass is 291 g/mol. The van der Waals surface area contributed by atoms with E-state index < -0.39 is 0 Å². The molecule has 0 atom stereocenters. The van der Waals surface area contributed by atoms with Crippen molar-refractivity contribution in [2.75, 3.05) is 27.1 Å².